The number of thioether (sulfide) groups is 1. The molecule has 0 fully saturated rings. The highest BCUT2D eigenvalue weighted by Gasteiger charge is 2.01. The minimum absolute atomic E-state index is 0.502. The highest BCUT2D eigenvalue weighted by atomic mass is 32.2. The number of hydrogen-bond donors (Lipinski definition) is 0. The second-order valence-electron chi connectivity index (χ2n) is 3.62. The van der Waals surface area contributed by atoms with Crippen molar-refractivity contribution >= 4 is 11.8 Å². The zero-order valence-electron chi connectivity index (χ0n) is 11.9. The zero-order valence-corrected chi connectivity index (χ0v) is 12.7. The Hall–Kier alpha value is -0.930. The van der Waals surface area contributed by atoms with Crippen LogP contribution in [0.2, 0.25) is 0 Å². The average molecular weight is 268 g/mol. The first-order chi connectivity index (χ1) is 8.71. The molecule has 0 saturated carbocycles. The highest BCUT2D eigenvalue weighted by Crippen LogP contribution is 2.22. The maximum absolute atomic E-state index is 5.26. The van der Waals surface area contributed by atoms with Crippen molar-refractivity contribution in [3.8, 4) is 0 Å². The smallest absolute Gasteiger partial charge is 0.121 e. The Bertz CT molecular complexity index is 327. The van der Waals surface area contributed by atoms with E-state index in [1.54, 1.807) is 14.2 Å². The van der Waals surface area contributed by atoms with Gasteiger partial charge >= 0.3 is 0 Å². The van der Waals surface area contributed by atoms with E-state index in [2.05, 4.69) is 25.7 Å². The monoisotopic (exact) mass is 268 g/mol. The molecule has 0 heterocycles. The molecule has 0 aliphatic carbocycles. The summed E-state index contributed by atoms with van der Waals surface area (Å²) in [7, 11) is 3.33. The van der Waals surface area contributed by atoms with Gasteiger partial charge in [0.1, 0.15) is 12.4 Å². The predicted molar refractivity (Wildman–Crippen MR) is 81.8 cm³/mol. The number of ether oxygens (including phenoxy) is 2. The maximum atomic E-state index is 5.26. The normalized spacial score (nSPS) is 13.7. The molecule has 0 aromatic heterocycles. The lowest BCUT2D eigenvalue weighted by Crippen LogP contribution is -1.98. The van der Waals surface area contributed by atoms with Crippen LogP contribution < -0.4 is 0 Å². The first-order valence-corrected chi connectivity index (χ1v) is 7.03. The Labute approximate surface area is 115 Å². The SMILES string of the molecule is C=C/C=C(/CC)SCC(=C/C)/C=C(\COC)OC. The van der Waals surface area contributed by atoms with Crippen molar-refractivity contribution in [3.63, 3.8) is 0 Å². The van der Waals surface area contributed by atoms with E-state index in [0.29, 0.717) is 6.61 Å². The fourth-order valence-corrected chi connectivity index (χ4v) is 2.29. The second-order valence-corrected chi connectivity index (χ2v) is 4.72. The summed E-state index contributed by atoms with van der Waals surface area (Å²) in [6.45, 7) is 8.42. The highest BCUT2D eigenvalue weighted by molar-refractivity contribution is 8.03. The summed E-state index contributed by atoms with van der Waals surface area (Å²) in [5.41, 5.74) is 1.23. The summed E-state index contributed by atoms with van der Waals surface area (Å²) in [6, 6.07) is 0. The molecule has 0 bridgehead atoms. The van der Waals surface area contributed by atoms with Crippen molar-refractivity contribution in [1.29, 1.82) is 0 Å². The van der Waals surface area contributed by atoms with E-state index in [1.165, 1.54) is 10.5 Å². The molecule has 0 aromatic carbocycles. The standard InChI is InChI=1S/C15H24O2S/c1-6-9-15(8-3)18-12-13(7-2)10-14(17-5)11-16-4/h6-7,9-10H,1,8,11-12H2,2-5H3/b13-7+,14-10+,15-9-. The van der Waals surface area contributed by atoms with E-state index in [0.717, 1.165) is 17.9 Å². The van der Waals surface area contributed by atoms with Gasteiger partial charge in [-0.25, -0.2) is 0 Å². The molecule has 0 atom stereocenters. The third-order valence-corrected chi connectivity index (χ3v) is 3.62. The number of methoxy groups -OCH3 is 2. The van der Waals surface area contributed by atoms with Crippen LogP contribution in [0.4, 0.5) is 0 Å². The molecule has 0 saturated heterocycles. The Balaban J connectivity index is 4.53. The molecule has 18 heavy (non-hydrogen) atoms. The molecule has 0 aliphatic rings. The van der Waals surface area contributed by atoms with Crippen LogP contribution in [0.15, 0.2) is 47.1 Å². The molecule has 0 N–H and O–H groups in total. The quantitative estimate of drug-likeness (QED) is 0.458. The van der Waals surface area contributed by atoms with Gasteiger partial charge in [-0.3, -0.25) is 0 Å². The third kappa shape index (κ3) is 7.41. The first-order valence-electron chi connectivity index (χ1n) is 6.04. The van der Waals surface area contributed by atoms with Gasteiger partial charge in [0, 0.05) is 12.9 Å². The molecular weight excluding hydrogens is 244 g/mol. The van der Waals surface area contributed by atoms with Gasteiger partial charge in [0.2, 0.25) is 0 Å². The Morgan fingerprint density at radius 3 is 2.50 bits per heavy atom. The molecule has 0 spiro atoms. The summed E-state index contributed by atoms with van der Waals surface area (Å²) in [5, 5.41) is 0. The molecule has 0 radical (unpaired) electrons. The zero-order chi connectivity index (χ0) is 13.8. The van der Waals surface area contributed by atoms with Crippen molar-refractivity contribution in [2.24, 2.45) is 0 Å². The van der Waals surface area contributed by atoms with Crippen LogP contribution >= 0.6 is 11.8 Å². The Kier molecular flexibility index (Phi) is 10.6. The molecular formula is C15H24O2S. The van der Waals surface area contributed by atoms with Crippen molar-refractivity contribution < 1.29 is 9.47 Å². The van der Waals surface area contributed by atoms with Crippen LogP contribution in [-0.4, -0.2) is 26.6 Å². The molecule has 2 nitrogen and oxygen atoms in total. The lowest BCUT2D eigenvalue weighted by Gasteiger charge is -2.08. The molecule has 3 heteroatoms. The van der Waals surface area contributed by atoms with Crippen molar-refractivity contribution in [1.82, 2.24) is 0 Å². The molecule has 102 valence electrons. The van der Waals surface area contributed by atoms with Crippen molar-refractivity contribution in [3.05, 3.63) is 47.1 Å². The van der Waals surface area contributed by atoms with Crippen LogP contribution in [0, 0.1) is 0 Å². The topological polar surface area (TPSA) is 18.5 Å². The molecule has 0 aliphatic heterocycles. The number of allylic oxidation sites excluding steroid dienone is 5. The van der Waals surface area contributed by atoms with Crippen LogP contribution in [-0.2, 0) is 9.47 Å². The van der Waals surface area contributed by atoms with E-state index < -0.39 is 0 Å². The van der Waals surface area contributed by atoms with Crippen LogP contribution in [0.5, 0.6) is 0 Å². The minimum Gasteiger partial charge on any atom is -0.499 e. The molecule has 0 unspecified atom stereocenters. The van der Waals surface area contributed by atoms with E-state index in [4.69, 9.17) is 9.47 Å². The lowest BCUT2D eigenvalue weighted by molar-refractivity contribution is 0.159. The summed E-state index contributed by atoms with van der Waals surface area (Å²) < 4.78 is 10.3. The van der Waals surface area contributed by atoms with Gasteiger partial charge < -0.3 is 9.47 Å². The first kappa shape index (κ1) is 17.1. The summed E-state index contributed by atoms with van der Waals surface area (Å²) in [4.78, 5) is 1.34. The molecule has 0 rings (SSSR count). The van der Waals surface area contributed by atoms with Crippen molar-refractivity contribution in [2.45, 2.75) is 20.3 Å². The van der Waals surface area contributed by atoms with Crippen LogP contribution in [0.1, 0.15) is 20.3 Å². The van der Waals surface area contributed by atoms with Crippen LogP contribution in [0.25, 0.3) is 0 Å². The van der Waals surface area contributed by atoms with Gasteiger partial charge in [-0.2, -0.15) is 0 Å². The van der Waals surface area contributed by atoms with E-state index in [-0.39, 0.29) is 0 Å². The van der Waals surface area contributed by atoms with Gasteiger partial charge in [-0.05, 0) is 29.9 Å². The van der Waals surface area contributed by atoms with E-state index in [9.17, 15) is 0 Å². The lowest BCUT2D eigenvalue weighted by atomic mass is 10.2. The summed E-state index contributed by atoms with van der Waals surface area (Å²) in [5.74, 6) is 1.78. The van der Waals surface area contributed by atoms with Gasteiger partial charge in [-0.15, -0.1) is 11.8 Å². The fourth-order valence-electron chi connectivity index (χ4n) is 1.29. The Morgan fingerprint density at radius 1 is 1.33 bits per heavy atom. The minimum atomic E-state index is 0.502. The summed E-state index contributed by atoms with van der Waals surface area (Å²) >= 11 is 1.83. The van der Waals surface area contributed by atoms with Gasteiger partial charge in [-0.1, -0.05) is 31.7 Å². The second kappa shape index (κ2) is 11.2. The van der Waals surface area contributed by atoms with Gasteiger partial charge in [0.25, 0.3) is 0 Å². The van der Waals surface area contributed by atoms with Gasteiger partial charge in [0.15, 0.2) is 0 Å². The van der Waals surface area contributed by atoms with Gasteiger partial charge in [0.05, 0.1) is 7.11 Å². The third-order valence-electron chi connectivity index (χ3n) is 2.34. The largest absolute Gasteiger partial charge is 0.499 e. The van der Waals surface area contributed by atoms with E-state index in [1.807, 2.05) is 30.8 Å². The van der Waals surface area contributed by atoms with Crippen molar-refractivity contribution in [2.75, 3.05) is 26.6 Å². The van der Waals surface area contributed by atoms with Crippen LogP contribution in [0.3, 0.4) is 0 Å². The fraction of sp³-hybridized carbons (Fsp3) is 0.467. The molecule has 0 amide bonds. The predicted octanol–water partition coefficient (Wildman–Crippen LogP) is 4.32. The number of rotatable bonds is 9. The van der Waals surface area contributed by atoms with E-state index >= 15 is 0 Å². The summed E-state index contributed by atoms with van der Waals surface area (Å²) in [6.07, 6.45) is 9.07. The number of hydrogen-bond acceptors (Lipinski definition) is 3. The maximum Gasteiger partial charge on any atom is 0.121 e. The average Bonchev–Trinajstić information content (AvgIpc) is 2.40. The Morgan fingerprint density at radius 2 is 2.06 bits per heavy atom. The molecule has 0 aromatic rings.